The van der Waals surface area contributed by atoms with Gasteiger partial charge in [0.1, 0.15) is 46.9 Å². The van der Waals surface area contributed by atoms with Crippen molar-refractivity contribution in [2.45, 2.75) is 103 Å². The van der Waals surface area contributed by atoms with Gasteiger partial charge < -0.3 is 52.1 Å². The fourth-order valence-corrected chi connectivity index (χ4v) is 11.1. The predicted molar refractivity (Wildman–Crippen MR) is 337 cm³/mol. The first-order chi connectivity index (χ1) is 43.9. The summed E-state index contributed by atoms with van der Waals surface area (Å²) in [6.07, 6.45) is 12.9. The highest BCUT2D eigenvalue weighted by molar-refractivity contribution is 6.24. The van der Waals surface area contributed by atoms with Gasteiger partial charge in [0.05, 0.1) is 92.0 Å². The molecule has 2 saturated carbocycles. The number of carbonyl (C=O) groups is 6. The molecule has 1 aromatic heterocycles. The largest absolute Gasteiger partial charge is 0.494 e. The molecule has 7 aromatic rings. The smallest absolute Gasteiger partial charge is 0.330 e. The van der Waals surface area contributed by atoms with E-state index in [0.717, 1.165) is 74.3 Å². The van der Waals surface area contributed by atoms with Crippen LogP contribution in [0.1, 0.15) is 103 Å². The molecule has 2 aliphatic carbocycles. The maximum Gasteiger partial charge on any atom is 0.330 e. The normalized spacial score (nSPS) is 16.4. The predicted octanol–water partition coefficient (Wildman–Crippen LogP) is 13.1. The zero-order chi connectivity index (χ0) is 63.0. The Morgan fingerprint density at radius 2 is 0.733 bits per heavy atom. The van der Waals surface area contributed by atoms with Crippen LogP contribution in [0.25, 0.3) is 43.6 Å². The van der Waals surface area contributed by atoms with Gasteiger partial charge >= 0.3 is 35.8 Å². The van der Waals surface area contributed by atoms with E-state index in [1.54, 1.807) is 79.9 Å². The standard InChI is InChI=1S/C71H78N2O17/c1-4-64(74)85-38-12-8-6-10-36-82-51-22-26-53(27-23-51)87-68(76)47-14-18-49(19-15-47)70(78)89-56-30-33-58-59-34-31-57(45-61(59)67-66(60(58)44-56)72-62-35-32-55(46-63(62)73-67)84-43-42-81-41-40-80-3)90-71(79)50-20-16-48(17-21-50)69(77)88-54-28-24-52(25-29-54)83-37-11-7-9-13-39-86-65(75)5-2/h4-5,22-35,44-50H,1-2,6-21,36-43H2,3H3. The Morgan fingerprint density at radius 1 is 0.378 bits per heavy atom. The number of nitrogens with zero attached hydrogens (tertiary/aromatic N) is 2. The number of fused-ring (bicyclic) bond motifs is 7. The van der Waals surface area contributed by atoms with Crippen molar-refractivity contribution in [2.75, 3.05) is 60.0 Å². The Balaban J connectivity index is 0.801. The molecule has 0 unspecified atom stereocenters. The van der Waals surface area contributed by atoms with Gasteiger partial charge in [-0.1, -0.05) is 13.2 Å². The van der Waals surface area contributed by atoms with Crippen molar-refractivity contribution < 1.29 is 80.9 Å². The van der Waals surface area contributed by atoms with E-state index in [0.29, 0.717) is 177 Å². The van der Waals surface area contributed by atoms with Crippen LogP contribution in [0.15, 0.2) is 128 Å². The third kappa shape index (κ3) is 18.8. The highest BCUT2D eigenvalue weighted by atomic mass is 16.6. The van der Waals surface area contributed by atoms with Crippen LogP contribution >= 0.6 is 0 Å². The van der Waals surface area contributed by atoms with Gasteiger partial charge in [0.2, 0.25) is 0 Å². The number of aromatic nitrogens is 2. The molecule has 0 atom stereocenters. The second-order valence-corrected chi connectivity index (χ2v) is 22.4. The molecule has 19 heteroatoms. The maximum atomic E-state index is 13.9. The minimum atomic E-state index is -0.427. The topological polar surface area (TPSA) is 230 Å². The molecule has 0 spiro atoms. The minimum absolute atomic E-state index is 0.310. The Bertz CT molecular complexity index is 3610. The van der Waals surface area contributed by atoms with E-state index in [9.17, 15) is 28.8 Å². The quantitative estimate of drug-likeness (QED) is 0.00929. The molecule has 0 N–H and O–H groups in total. The van der Waals surface area contributed by atoms with Crippen molar-refractivity contribution in [3.8, 4) is 40.2 Å². The maximum absolute atomic E-state index is 13.9. The number of hydrogen-bond donors (Lipinski definition) is 0. The van der Waals surface area contributed by atoms with Crippen LogP contribution in [-0.2, 0) is 47.7 Å². The van der Waals surface area contributed by atoms with Crippen molar-refractivity contribution in [1.82, 2.24) is 9.97 Å². The number of ether oxygens (including phenoxy) is 11. The van der Waals surface area contributed by atoms with E-state index in [-0.39, 0.29) is 29.7 Å². The first-order valence-corrected chi connectivity index (χ1v) is 31.2. The molecule has 0 bridgehead atoms. The van der Waals surface area contributed by atoms with E-state index in [1.807, 2.05) is 30.3 Å². The van der Waals surface area contributed by atoms with Crippen molar-refractivity contribution in [3.05, 3.63) is 128 Å². The monoisotopic (exact) mass is 1230 g/mol. The van der Waals surface area contributed by atoms with Gasteiger partial charge in [-0.25, -0.2) is 19.6 Å². The van der Waals surface area contributed by atoms with E-state index in [4.69, 9.17) is 62.1 Å². The molecule has 0 saturated heterocycles. The van der Waals surface area contributed by atoms with Crippen molar-refractivity contribution in [3.63, 3.8) is 0 Å². The Morgan fingerprint density at radius 3 is 1.16 bits per heavy atom. The van der Waals surface area contributed by atoms with Gasteiger partial charge in [-0.15, -0.1) is 0 Å². The zero-order valence-electron chi connectivity index (χ0n) is 51.0. The highest BCUT2D eigenvalue weighted by Gasteiger charge is 2.34. The van der Waals surface area contributed by atoms with Crippen LogP contribution in [-0.4, -0.2) is 106 Å². The van der Waals surface area contributed by atoms with Crippen molar-refractivity contribution in [1.29, 1.82) is 0 Å². The lowest BCUT2D eigenvalue weighted by Crippen LogP contribution is -2.30. The number of carbonyl (C=O) groups excluding carboxylic acids is 6. The third-order valence-electron chi connectivity index (χ3n) is 16.1. The molecule has 9 rings (SSSR count). The molecule has 6 aromatic carbocycles. The summed E-state index contributed by atoms with van der Waals surface area (Å²) in [5, 5.41) is 3.00. The number of methoxy groups -OCH3 is 1. The Kier molecular flexibility index (Phi) is 24.4. The molecule has 2 aliphatic rings. The minimum Gasteiger partial charge on any atom is -0.494 e. The lowest BCUT2D eigenvalue weighted by Gasteiger charge is -2.26. The van der Waals surface area contributed by atoms with Crippen LogP contribution in [0.2, 0.25) is 0 Å². The number of hydrogen-bond acceptors (Lipinski definition) is 19. The average molecular weight is 1230 g/mol. The molecular weight excluding hydrogens is 1150 g/mol. The molecule has 0 aliphatic heterocycles. The number of esters is 6. The zero-order valence-corrected chi connectivity index (χ0v) is 51.0. The summed E-state index contributed by atoms with van der Waals surface area (Å²) in [5.74, 6) is -0.487. The highest BCUT2D eigenvalue weighted by Crippen LogP contribution is 2.40. The van der Waals surface area contributed by atoms with Crippen LogP contribution in [0.3, 0.4) is 0 Å². The summed E-state index contributed by atoms with van der Waals surface area (Å²) in [6.45, 7) is 10.2. The summed E-state index contributed by atoms with van der Waals surface area (Å²) < 4.78 is 62.1. The molecular formula is C71H78N2O17. The Hall–Kier alpha value is -8.94. The van der Waals surface area contributed by atoms with Gasteiger partial charge in [-0.05, 0) is 211 Å². The molecule has 1 heterocycles. The van der Waals surface area contributed by atoms with Crippen molar-refractivity contribution >= 4 is 79.4 Å². The van der Waals surface area contributed by atoms with E-state index >= 15 is 0 Å². The van der Waals surface area contributed by atoms with E-state index in [2.05, 4.69) is 13.2 Å². The number of benzene rings is 6. The summed E-state index contributed by atoms with van der Waals surface area (Å²) in [7, 11) is 1.62. The van der Waals surface area contributed by atoms with Crippen LogP contribution in [0.4, 0.5) is 0 Å². The van der Waals surface area contributed by atoms with Gasteiger partial charge in [0, 0.05) is 36.1 Å². The first-order valence-electron chi connectivity index (χ1n) is 31.2. The molecule has 474 valence electrons. The summed E-state index contributed by atoms with van der Waals surface area (Å²) in [6, 6.07) is 30.3. The molecule has 90 heavy (non-hydrogen) atoms. The fraction of sp³-hybridized carbons (Fsp3) is 0.408. The molecule has 19 nitrogen and oxygen atoms in total. The SMILES string of the molecule is C=CC(=O)OCCCCCCOc1ccc(OC(=O)C2CCC(C(=O)Oc3ccc4c5ccc(OC(=O)C6CCC(C(=O)Oc7ccc(OCCCCCCOC(=O)C=C)cc7)CC6)cc5c5nc6cc(OCCOCCOC)ccc6nc5c4c3)CC2)cc1. The van der Waals surface area contributed by atoms with Crippen LogP contribution < -0.4 is 33.2 Å². The number of unbranched alkanes of at least 4 members (excludes halogenated alkanes) is 6. The average Bonchev–Trinajstić information content (AvgIpc) is 0.784. The summed E-state index contributed by atoms with van der Waals surface area (Å²) in [5.41, 5.74) is 2.24. The molecule has 2 fully saturated rings. The second kappa shape index (κ2) is 33.6. The van der Waals surface area contributed by atoms with E-state index in [1.165, 1.54) is 0 Å². The van der Waals surface area contributed by atoms with Gasteiger partial charge in [0.25, 0.3) is 0 Å². The molecule has 0 amide bonds. The number of rotatable bonds is 33. The first kappa shape index (κ1) is 65.5. The second-order valence-electron chi connectivity index (χ2n) is 22.4. The lowest BCUT2D eigenvalue weighted by molar-refractivity contribution is -0.145. The van der Waals surface area contributed by atoms with Crippen LogP contribution in [0, 0.1) is 23.7 Å². The molecule has 0 radical (unpaired) electrons. The van der Waals surface area contributed by atoms with Gasteiger partial charge in [-0.2, -0.15) is 0 Å². The fourth-order valence-electron chi connectivity index (χ4n) is 11.1. The summed E-state index contributed by atoms with van der Waals surface area (Å²) >= 11 is 0. The van der Waals surface area contributed by atoms with Gasteiger partial charge in [-0.3, -0.25) is 19.2 Å². The third-order valence-corrected chi connectivity index (χ3v) is 16.1. The Labute approximate surface area is 523 Å². The lowest BCUT2D eigenvalue weighted by atomic mass is 9.82. The van der Waals surface area contributed by atoms with Crippen molar-refractivity contribution in [2.24, 2.45) is 23.7 Å². The van der Waals surface area contributed by atoms with Gasteiger partial charge in [0.15, 0.2) is 0 Å². The van der Waals surface area contributed by atoms with Crippen LogP contribution in [0.5, 0.6) is 40.2 Å². The summed E-state index contributed by atoms with van der Waals surface area (Å²) in [4.78, 5) is 87.0. The van der Waals surface area contributed by atoms with E-state index < -0.39 is 29.7 Å².